The maximum Gasteiger partial charge on any atom is 0.357 e. The molecule has 0 aliphatic carbocycles. The Morgan fingerprint density at radius 2 is 2.03 bits per heavy atom. The molecule has 31 heavy (non-hydrogen) atoms. The molecule has 3 heterocycles. The third kappa shape index (κ3) is 4.19. The number of esters is 1. The number of amides is 1. The molecule has 8 nitrogen and oxygen atoms in total. The van der Waals surface area contributed by atoms with Crippen LogP contribution in [-0.2, 0) is 11.3 Å². The fourth-order valence-electron chi connectivity index (χ4n) is 3.11. The lowest BCUT2D eigenvalue weighted by Crippen LogP contribution is -2.13. The number of halogens is 2. The molecule has 4 aromatic rings. The molecule has 0 aliphatic heterocycles. The van der Waals surface area contributed by atoms with Gasteiger partial charge in [0.05, 0.1) is 28.7 Å². The van der Waals surface area contributed by atoms with Crippen LogP contribution in [0.4, 0.5) is 10.2 Å². The van der Waals surface area contributed by atoms with Gasteiger partial charge in [-0.3, -0.25) is 9.48 Å². The zero-order valence-electron chi connectivity index (χ0n) is 16.4. The maximum absolute atomic E-state index is 13.9. The summed E-state index contributed by atoms with van der Waals surface area (Å²) < 4.78 is 22.4. The van der Waals surface area contributed by atoms with E-state index in [-0.39, 0.29) is 36.0 Å². The summed E-state index contributed by atoms with van der Waals surface area (Å²) in [6, 6.07) is 11.2. The first-order valence-electron chi connectivity index (χ1n) is 9.39. The van der Waals surface area contributed by atoms with Gasteiger partial charge in [-0.1, -0.05) is 18.2 Å². The molecule has 0 atom stereocenters. The SMILES string of the molecule is CCOC(=O)c1cc(C(=O)Nc2nn(Cc3ccccc3F)cc2Br)c2cccnn12. The normalized spacial score (nSPS) is 10.9. The molecule has 10 heteroatoms. The van der Waals surface area contributed by atoms with Gasteiger partial charge >= 0.3 is 5.97 Å². The second-order valence-electron chi connectivity index (χ2n) is 6.55. The van der Waals surface area contributed by atoms with Crippen molar-refractivity contribution in [1.82, 2.24) is 19.4 Å². The molecule has 0 saturated carbocycles. The average molecular weight is 486 g/mol. The van der Waals surface area contributed by atoms with Crippen molar-refractivity contribution in [2.75, 3.05) is 11.9 Å². The van der Waals surface area contributed by atoms with E-state index in [2.05, 4.69) is 31.4 Å². The largest absolute Gasteiger partial charge is 0.461 e. The lowest BCUT2D eigenvalue weighted by molar-refractivity contribution is 0.0517. The molecular weight excluding hydrogens is 469 g/mol. The molecule has 4 rings (SSSR count). The zero-order valence-corrected chi connectivity index (χ0v) is 18.0. The molecule has 158 valence electrons. The van der Waals surface area contributed by atoms with E-state index >= 15 is 0 Å². The Hall–Kier alpha value is -3.53. The predicted molar refractivity (Wildman–Crippen MR) is 115 cm³/mol. The van der Waals surface area contributed by atoms with E-state index in [1.807, 2.05) is 0 Å². The molecular formula is C21H17BrFN5O3. The van der Waals surface area contributed by atoms with Gasteiger partial charge in [-0.25, -0.2) is 13.7 Å². The molecule has 0 radical (unpaired) electrons. The van der Waals surface area contributed by atoms with E-state index in [9.17, 15) is 14.0 Å². The molecule has 1 aromatic carbocycles. The summed E-state index contributed by atoms with van der Waals surface area (Å²) in [7, 11) is 0. The minimum Gasteiger partial charge on any atom is -0.461 e. The van der Waals surface area contributed by atoms with Crippen molar-refractivity contribution in [3.8, 4) is 0 Å². The molecule has 1 amide bonds. The van der Waals surface area contributed by atoms with Crippen molar-refractivity contribution >= 4 is 39.1 Å². The van der Waals surface area contributed by atoms with Crippen LogP contribution in [0.5, 0.6) is 0 Å². The van der Waals surface area contributed by atoms with Gasteiger partial charge < -0.3 is 10.1 Å². The van der Waals surface area contributed by atoms with Crippen LogP contribution < -0.4 is 5.32 Å². The topological polar surface area (TPSA) is 90.5 Å². The van der Waals surface area contributed by atoms with E-state index < -0.39 is 11.9 Å². The minimum atomic E-state index is -0.578. The number of carbonyl (C=O) groups excluding carboxylic acids is 2. The number of hydrogen-bond acceptors (Lipinski definition) is 5. The first-order valence-corrected chi connectivity index (χ1v) is 10.2. The summed E-state index contributed by atoms with van der Waals surface area (Å²) in [4.78, 5) is 25.2. The third-order valence-electron chi connectivity index (χ3n) is 4.50. The molecule has 0 spiro atoms. The number of benzene rings is 1. The van der Waals surface area contributed by atoms with Crippen LogP contribution in [0.2, 0.25) is 0 Å². The molecule has 0 aliphatic rings. The van der Waals surface area contributed by atoms with Gasteiger partial charge in [-0.15, -0.1) is 0 Å². The first-order chi connectivity index (χ1) is 15.0. The van der Waals surface area contributed by atoms with E-state index in [1.165, 1.54) is 27.5 Å². The fraction of sp³-hybridized carbons (Fsp3) is 0.143. The van der Waals surface area contributed by atoms with E-state index in [0.717, 1.165) is 0 Å². The third-order valence-corrected chi connectivity index (χ3v) is 5.08. The Morgan fingerprint density at radius 3 is 2.81 bits per heavy atom. The summed E-state index contributed by atoms with van der Waals surface area (Å²) >= 11 is 3.37. The Bertz CT molecular complexity index is 1280. The van der Waals surface area contributed by atoms with Gasteiger partial charge in [0.1, 0.15) is 5.82 Å². The second-order valence-corrected chi connectivity index (χ2v) is 7.41. The number of carbonyl (C=O) groups is 2. The van der Waals surface area contributed by atoms with Crippen molar-refractivity contribution in [3.63, 3.8) is 0 Å². The number of aromatic nitrogens is 4. The van der Waals surface area contributed by atoms with Crippen molar-refractivity contribution < 1.29 is 18.7 Å². The highest BCUT2D eigenvalue weighted by Gasteiger charge is 2.22. The van der Waals surface area contributed by atoms with Gasteiger partial charge in [0.25, 0.3) is 5.91 Å². The Labute approximate surface area is 184 Å². The number of nitrogens with zero attached hydrogens (tertiary/aromatic N) is 4. The molecule has 0 fully saturated rings. The monoisotopic (exact) mass is 485 g/mol. The van der Waals surface area contributed by atoms with Crippen LogP contribution in [0.1, 0.15) is 33.3 Å². The summed E-state index contributed by atoms with van der Waals surface area (Å²) in [5, 5.41) is 11.2. The number of ether oxygens (including phenoxy) is 1. The van der Waals surface area contributed by atoms with Gasteiger partial charge in [-0.2, -0.15) is 10.2 Å². The Morgan fingerprint density at radius 1 is 1.23 bits per heavy atom. The van der Waals surface area contributed by atoms with E-state index in [1.54, 1.807) is 43.5 Å². The Kier molecular flexibility index (Phi) is 5.81. The lowest BCUT2D eigenvalue weighted by atomic mass is 10.2. The minimum absolute atomic E-state index is 0.145. The highest BCUT2D eigenvalue weighted by atomic mass is 79.9. The van der Waals surface area contributed by atoms with Gasteiger partial charge in [0.2, 0.25) is 0 Å². The highest BCUT2D eigenvalue weighted by Crippen LogP contribution is 2.24. The van der Waals surface area contributed by atoms with Crippen LogP contribution >= 0.6 is 15.9 Å². The highest BCUT2D eigenvalue weighted by molar-refractivity contribution is 9.10. The van der Waals surface area contributed by atoms with Gasteiger partial charge in [0, 0.05) is 18.0 Å². The smallest absolute Gasteiger partial charge is 0.357 e. The lowest BCUT2D eigenvalue weighted by Gasteiger charge is -2.04. The Balaban J connectivity index is 1.60. The average Bonchev–Trinajstić information content (AvgIpc) is 3.30. The predicted octanol–water partition coefficient (Wildman–Crippen LogP) is 3.91. The van der Waals surface area contributed by atoms with Crippen molar-refractivity contribution in [2.24, 2.45) is 0 Å². The summed E-state index contributed by atoms with van der Waals surface area (Å²) in [6.07, 6.45) is 3.16. The summed E-state index contributed by atoms with van der Waals surface area (Å²) in [5.41, 5.74) is 1.31. The first kappa shape index (κ1) is 20.7. The van der Waals surface area contributed by atoms with E-state index in [4.69, 9.17) is 4.74 Å². The van der Waals surface area contributed by atoms with Crippen molar-refractivity contribution in [3.05, 3.63) is 82.0 Å². The van der Waals surface area contributed by atoms with E-state index in [0.29, 0.717) is 15.6 Å². The number of nitrogens with one attached hydrogen (secondary N) is 1. The molecule has 0 bridgehead atoms. The standard InChI is InChI=1S/C21H17BrFN5O3/c1-2-31-21(30)18-10-14(17-8-5-9-24-28(17)18)20(29)25-19-15(22)12-27(26-19)11-13-6-3-4-7-16(13)23/h3-10,12H,2,11H2,1H3,(H,25,26,29). The van der Waals surface area contributed by atoms with Crippen LogP contribution in [0.25, 0.3) is 5.52 Å². The van der Waals surface area contributed by atoms with Crippen LogP contribution in [0.3, 0.4) is 0 Å². The molecule has 0 saturated heterocycles. The zero-order chi connectivity index (χ0) is 22.0. The van der Waals surface area contributed by atoms with Crippen LogP contribution in [-0.4, -0.2) is 37.9 Å². The van der Waals surface area contributed by atoms with Gasteiger partial charge in [0.15, 0.2) is 11.5 Å². The second kappa shape index (κ2) is 8.68. The molecule has 1 N–H and O–H groups in total. The van der Waals surface area contributed by atoms with Crippen LogP contribution in [0.15, 0.2) is 59.3 Å². The van der Waals surface area contributed by atoms with Crippen LogP contribution in [0, 0.1) is 5.82 Å². The summed E-state index contributed by atoms with van der Waals surface area (Å²) in [6.45, 7) is 2.10. The van der Waals surface area contributed by atoms with Crippen molar-refractivity contribution in [2.45, 2.75) is 13.5 Å². The molecule has 3 aromatic heterocycles. The number of hydrogen-bond donors (Lipinski definition) is 1. The quantitative estimate of drug-likeness (QED) is 0.418. The fourth-order valence-corrected chi connectivity index (χ4v) is 3.53. The van der Waals surface area contributed by atoms with Gasteiger partial charge in [-0.05, 0) is 47.1 Å². The summed E-state index contributed by atoms with van der Waals surface area (Å²) in [5.74, 6) is -1.12. The van der Waals surface area contributed by atoms with Crippen molar-refractivity contribution in [1.29, 1.82) is 0 Å². The number of fused-ring (bicyclic) bond motifs is 1. The molecule has 0 unspecified atom stereocenters. The maximum atomic E-state index is 13.9. The number of anilines is 1. The number of rotatable bonds is 6.